The number of hydrogen-bond acceptors (Lipinski definition) is 4. The Morgan fingerprint density at radius 1 is 1.27 bits per heavy atom. The lowest BCUT2D eigenvalue weighted by Gasteiger charge is -2.07. The minimum atomic E-state index is -0.407. The number of halogens is 1. The molecule has 0 aliphatic carbocycles. The van der Waals surface area contributed by atoms with Crippen molar-refractivity contribution in [3.8, 4) is 0 Å². The molecule has 0 spiro atoms. The Kier molecular flexibility index (Phi) is 5.37. The molecule has 22 heavy (non-hydrogen) atoms. The Morgan fingerprint density at radius 3 is 2.68 bits per heavy atom. The lowest BCUT2D eigenvalue weighted by molar-refractivity contribution is 0.0942. The lowest BCUT2D eigenvalue weighted by atomic mass is 10.2. The number of benzene rings is 1. The van der Waals surface area contributed by atoms with Crippen LogP contribution in [0.15, 0.2) is 41.2 Å². The molecule has 0 radical (unpaired) electrons. The van der Waals surface area contributed by atoms with E-state index in [4.69, 9.17) is 4.74 Å². The summed E-state index contributed by atoms with van der Waals surface area (Å²) in [4.78, 5) is 23.6. The zero-order valence-corrected chi connectivity index (χ0v) is 12.1. The monoisotopic (exact) mass is 305 g/mol. The summed E-state index contributed by atoms with van der Waals surface area (Å²) in [5, 5.41) is 6.66. The summed E-state index contributed by atoms with van der Waals surface area (Å²) in [7, 11) is 1.52. The fraction of sp³-hybridized carbons (Fsp3) is 0.267. The van der Waals surface area contributed by atoms with Crippen LogP contribution in [0.4, 0.5) is 4.39 Å². The van der Waals surface area contributed by atoms with Crippen LogP contribution < -0.4 is 10.9 Å². The minimum Gasteiger partial charge on any atom is -0.383 e. The topological polar surface area (TPSA) is 73.2 Å². The van der Waals surface area contributed by atoms with Crippen LogP contribution in [0.1, 0.15) is 16.1 Å². The first kappa shape index (κ1) is 15.8. The first-order valence-corrected chi connectivity index (χ1v) is 6.70. The summed E-state index contributed by atoms with van der Waals surface area (Å²) in [5.41, 5.74) is 0.604. The molecule has 2 rings (SSSR count). The van der Waals surface area contributed by atoms with Gasteiger partial charge < -0.3 is 10.1 Å². The smallest absolute Gasteiger partial charge is 0.271 e. The van der Waals surface area contributed by atoms with Crippen LogP contribution in [-0.4, -0.2) is 29.4 Å². The minimum absolute atomic E-state index is 0.137. The van der Waals surface area contributed by atoms with Gasteiger partial charge in [-0.2, -0.15) is 5.10 Å². The Balaban J connectivity index is 2.02. The van der Waals surface area contributed by atoms with E-state index in [2.05, 4.69) is 10.4 Å². The van der Waals surface area contributed by atoms with Gasteiger partial charge >= 0.3 is 0 Å². The van der Waals surface area contributed by atoms with Gasteiger partial charge in [0.25, 0.3) is 11.5 Å². The number of methoxy groups -OCH3 is 1. The predicted molar refractivity (Wildman–Crippen MR) is 77.9 cm³/mol. The van der Waals surface area contributed by atoms with E-state index in [0.717, 1.165) is 5.56 Å². The SMILES string of the molecule is COCCn1nc(C(=O)NCc2ccc(F)cc2)ccc1=O. The molecule has 7 heteroatoms. The van der Waals surface area contributed by atoms with Gasteiger partial charge in [0.15, 0.2) is 0 Å². The van der Waals surface area contributed by atoms with Crippen LogP contribution in [0.2, 0.25) is 0 Å². The Morgan fingerprint density at radius 2 is 2.00 bits per heavy atom. The normalized spacial score (nSPS) is 10.5. The van der Waals surface area contributed by atoms with Crippen molar-refractivity contribution in [2.45, 2.75) is 13.1 Å². The standard InChI is InChI=1S/C15H16FN3O3/c1-22-9-8-19-14(20)7-6-13(18-19)15(21)17-10-11-2-4-12(16)5-3-11/h2-7H,8-10H2,1H3,(H,17,21). The first-order valence-electron chi connectivity index (χ1n) is 6.70. The molecule has 6 nitrogen and oxygen atoms in total. The van der Waals surface area contributed by atoms with E-state index in [-0.39, 0.29) is 30.2 Å². The quantitative estimate of drug-likeness (QED) is 0.862. The first-order chi connectivity index (χ1) is 10.6. The molecule has 0 saturated carbocycles. The number of nitrogens with zero attached hydrogens (tertiary/aromatic N) is 2. The van der Waals surface area contributed by atoms with Gasteiger partial charge in [-0.05, 0) is 23.8 Å². The predicted octanol–water partition coefficient (Wildman–Crippen LogP) is 0.959. The third kappa shape index (κ3) is 4.23. The van der Waals surface area contributed by atoms with E-state index in [0.29, 0.717) is 6.61 Å². The van der Waals surface area contributed by atoms with Crippen molar-refractivity contribution >= 4 is 5.91 Å². The summed E-state index contributed by atoms with van der Waals surface area (Å²) in [6.45, 7) is 0.847. The average molecular weight is 305 g/mol. The number of hydrogen-bond donors (Lipinski definition) is 1. The molecule has 0 atom stereocenters. The van der Waals surface area contributed by atoms with E-state index in [1.165, 1.54) is 36.1 Å². The van der Waals surface area contributed by atoms with Crippen molar-refractivity contribution < 1.29 is 13.9 Å². The second kappa shape index (κ2) is 7.46. The Hall–Kier alpha value is -2.54. The van der Waals surface area contributed by atoms with E-state index in [1.54, 1.807) is 12.1 Å². The highest BCUT2D eigenvalue weighted by Gasteiger charge is 2.09. The van der Waals surface area contributed by atoms with Crippen LogP contribution >= 0.6 is 0 Å². The average Bonchev–Trinajstić information content (AvgIpc) is 2.53. The maximum absolute atomic E-state index is 12.8. The van der Waals surface area contributed by atoms with E-state index in [9.17, 15) is 14.0 Å². The maximum Gasteiger partial charge on any atom is 0.271 e. The highest BCUT2D eigenvalue weighted by atomic mass is 19.1. The zero-order chi connectivity index (χ0) is 15.9. The van der Waals surface area contributed by atoms with Crippen molar-refractivity contribution in [2.75, 3.05) is 13.7 Å². The number of ether oxygens (including phenoxy) is 1. The van der Waals surface area contributed by atoms with E-state index < -0.39 is 5.91 Å². The van der Waals surface area contributed by atoms with Crippen molar-refractivity contribution in [1.29, 1.82) is 0 Å². The van der Waals surface area contributed by atoms with E-state index >= 15 is 0 Å². The van der Waals surface area contributed by atoms with Crippen LogP contribution in [0, 0.1) is 5.82 Å². The lowest BCUT2D eigenvalue weighted by Crippen LogP contribution is -2.30. The highest BCUT2D eigenvalue weighted by molar-refractivity contribution is 5.91. The van der Waals surface area contributed by atoms with Crippen LogP contribution in [-0.2, 0) is 17.8 Å². The summed E-state index contributed by atoms with van der Waals surface area (Å²) >= 11 is 0. The second-order valence-electron chi connectivity index (χ2n) is 4.58. The third-order valence-electron chi connectivity index (χ3n) is 2.97. The van der Waals surface area contributed by atoms with Crippen molar-refractivity contribution in [2.24, 2.45) is 0 Å². The van der Waals surface area contributed by atoms with Gasteiger partial charge in [0.2, 0.25) is 0 Å². The maximum atomic E-state index is 12.8. The summed E-state index contributed by atoms with van der Waals surface area (Å²) < 4.78 is 18.9. The molecule has 2 aromatic rings. The van der Waals surface area contributed by atoms with Gasteiger partial charge in [0.05, 0.1) is 13.2 Å². The van der Waals surface area contributed by atoms with Gasteiger partial charge in [-0.1, -0.05) is 12.1 Å². The molecule has 0 unspecified atom stereocenters. The number of carbonyl (C=O) groups excluding carboxylic acids is 1. The van der Waals surface area contributed by atoms with Crippen LogP contribution in [0.3, 0.4) is 0 Å². The molecule has 0 aliphatic heterocycles. The summed E-state index contributed by atoms with van der Waals surface area (Å²) in [6, 6.07) is 8.47. The van der Waals surface area contributed by atoms with Crippen molar-refractivity contribution in [3.63, 3.8) is 0 Å². The number of carbonyl (C=O) groups is 1. The van der Waals surface area contributed by atoms with Gasteiger partial charge in [0.1, 0.15) is 11.5 Å². The van der Waals surface area contributed by atoms with Gasteiger partial charge in [-0.25, -0.2) is 9.07 Å². The van der Waals surface area contributed by atoms with Crippen LogP contribution in [0.25, 0.3) is 0 Å². The molecular formula is C15H16FN3O3. The van der Waals surface area contributed by atoms with Gasteiger partial charge in [-0.15, -0.1) is 0 Å². The molecule has 0 aliphatic rings. The molecule has 116 valence electrons. The largest absolute Gasteiger partial charge is 0.383 e. The van der Waals surface area contributed by atoms with Crippen molar-refractivity contribution in [1.82, 2.24) is 15.1 Å². The van der Waals surface area contributed by atoms with Gasteiger partial charge in [0, 0.05) is 19.7 Å². The Bertz CT molecular complexity index is 698. The Labute approximate surface area is 126 Å². The summed E-state index contributed by atoms with van der Waals surface area (Å²) in [6.07, 6.45) is 0. The highest BCUT2D eigenvalue weighted by Crippen LogP contribution is 2.02. The number of rotatable bonds is 6. The summed E-state index contributed by atoms with van der Waals surface area (Å²) in [5.74, 6) is -0.738. The number of nitrogens with one attached hydrogen (secondary N) is 1. The zero-order valence-electron chi connectivity index (χ0n) is 12.1. The number of amides is 1. The third-order valence-corrected chi connectivity index (χ3v) is 2.97. The van der Waals surface area contributed by atoms with Crippen LogP contribution in [0.5, 0.6) is 0 Å². The fourth-order valence-corrected chi connectivity index (χ4v) is 1.78. The molecule has 1 amide bonds. The van der Waals surface area contributed by atoms with Crippen molar-refractivity contribution in [3.05, 3.63) is 63.8 Å². The number of aromatic nitrogens is 2. The molecule has 1 N–H and O–H groups in total. The molecule has 1 aromatic heterocycles. The molecule has 0 saturated heterocycles. The molecule has 1 aromatic carbocycles. The molecule has 0 fully saturated rings. The fourth-order valence-electron chi connectivity index (χ4n) is 1.78. The second-order valence-corrected chi connectivity index (χ2v) is 4.58. The molecule has 0 bridgehead atoms. The van der Waals surface area contributed by atoms with Gasteiger partial charge in [-0.3, -0.25) is 9.59 Å². The molecule has 1 heterocycles. The molecular weight excluding hydrogens is 289 g/mol. The van der Waals surface area contributed by atoms with E-state index in [1.807, 2.05) is 0 Å².